The van der Waals surface area contributed by atoms with Crippen molar-refractivity contribution in [1.82, 2.24) is 0 Å². The molecule has 0 rings (SSSR count). The lowest BCUT2D eigenvalue weighted by Gasteiger charge is -2.30. The van der Waals surface area contributed by atoms with Crippen LogP contribution in [0.2, 0.25) is 0 Å². The topological polar surface area (TPSA) is 20.2 Å². The molecule has 0 aromatic rings. The summed E-state index contributed by atoms with van der Waals surface area (Å²) in [6, 6.07) is 0. The normalized spacial score (nSPS) is 16.5. The van der Waals surface area contributed by atoms with E-state index in [-0.39, 0.29) is 0 Å². The van der Waals surface area contributed by atoms with Gasteiger partial charge in [-0.3, -0.25) is 0 Å². The third-order valence-corrected chi connectivity index (χ3v) is 2.26. The molecule has 1 nitrogen and oxygen atoms in total. The van der Waals surface area contributed by atoms with Crippen molar-refractivity contribution in [3.05, 3.63) is 12.7 Å². The molecule has 0 bridgehead atoms. The minimum absolute atomic E-state index is 0.320. The summed E-state index contributed by atoms with van der Waals surface area (Å²) in [5.74, 6) is 0.320. The molecule has 0 aliphatic carbocycles. The van der Waals surface area contributed by atoms with Gasteiger partial charge in [-0.15, -0.1) is 6.58 Å². The standard InChI is InChI=1S/C10H20O/c1-5-7-10(11,8-6-2)9(3)4/h5,9,11H,1,6-8H2,2-4H3/t10-/m1/s1. The SMILES string of the molecule is C=CC[C@@](O)(CCC)C(C)C. The Hall–Kier alpha value is -0.300. The van der Waals surface area contributed by atoms with Crippen LogP contribution in [0.3, 0.4) is 0 Å². The summed E-state index contributed by atoms with van der Waals surface area (Å²) in [7, 11) is 0. The van der Waals surface area contributed by atoms with Crippen LogP contribution in [0.25, 0.3) is 0 Å². The highest BCUT2D eigenvalue weighted by molar-refractivity contribution is 4.88. The lowest BCUT2D eigenvalue weighted by atomic mass is 9.83. The van der Waals surface area contributed by atoms with E-state index in [9.17, 15) is 5.11 Å². The molecule has 1 N–H and O–H groups in total. The van der Waals surface area contributed by atoms with Gasteiger partial charge in [0.1, 0.15) is 0 Å². The minimum Gasteiger partial charge on any atom is -0.389 e. The van der Waals surface area contributed by atoms with Gasteiger partial charge < -0.3 is 5.11 Å². The van der Waals surface area contributed by atoms with Crippen LogP contribution in [0.15, 0.2) is 12.7 Å². The molecule has 0 unspecified atom stereocenters. The maximum Gasteiger partial charge on any atom is 0.0704 e. The van der Waals surface area contributed by atoms with Gasteiger partial charge in [0.05, 0.1) is 5.60 Å². The quantitative estimate of drug-likeness (QED) is 0.607. The molecule has 1 atom stereocenters. The summed E-state index contributed by atoms with van der Waals surface area (Å²) in [4.78, 5) is 0. The molecule has 1 heteroatoms. The van der Waals surface area contributed by atoms with Crippen molar-refractivity contribution in [1.29, 1.82) is 0 Å². The van der Waals surface area contributed by atoms with Crippen molar-refractivity contribution < 1.29 is 5.11 Å². The van der Waals surface area contributed by atoms with Crippen LogP contribution in [0.5, 0.6) is 0 Å². The zero-order valence-corrected chi connectivity index (χ0v) is 7.93. The van der Waals surface area contributed by atoms with E-state index in [1.807, 2.05) is 0 Å². The third kappa shape index (κ3) is 3.06. The van der Waals surface area contributed by atoms with E-state index in [1.54, 1.807) is 6.08 Å². The van der Waals surface area contributed by atoms with Crippen molar-refractivity contribution in [2.45, 2.75) is 45.6 Å². The van der Waals surface area contributed by atoms with E-state index in [2.05, 4.69) is 27.4 Å². The molecule has 11 heavy (non-hydrogen) atoms. The first-order chi connectivity index (χ1) is 5.06. The van der Waals surface area contributed by atoms with Crippen LogP contribution < -0.4 is 0 Å². The van der Waals surface area contributed by atoms with Crippen LogP contribution in [-0.4, -0.2) is 10.7 Å². The van der Waals surface area contributed by atoms with Gasteiger partial charge in [0.25, 0.3) is 0 Å². The Morgan fingerprint density at radius 2 is 2.09 bits per heavy atom. The maximum absolute atomic E-state index is 10.0. The van der Waals surface area contributed by atoms with Gasteiger partial charge in [-0.25, -0.2) is 0 Å². The average molecular weight is 156 g/mol. The predicted molar refractivity (Wildman–Crippen MR) is 49.5 cm³/mol. The molecular formula is C10H20O. The van der Waals surface area contributed by atoms with Crippen LogP contribution >= 0.6 is 0 Å². The monoisotopic (exact) mass is 156 g/mol. The molecule has 0 radical (unpaired) electrons. The van der Waals surface area contributed by atoms with Gasteiger partial charge in [0.15, 0.2) is 0 Å². The molecule has 0 saturated heterocycles. The first-order valence-corrected chi connectivity index (χ1v) is 4.40. The Morgan fingerprint density at radius 1 is 1.55 bits per heavy atom. The van der Waals surface area contributed by atoms with Crippen LogP contribution in [0, 0.1) is 5.92 Å². The minimum atomic E-state index is -0.517. The second-order valence-electron chi connectivity index (χ2n) is 3.50. The molecule has 0 spiro atoms. The highest BCUT2D eigenvalue weighted by atomic mass is 16.3. The smallest absolute Gasteiger partial charge is 0.0704 e. The van der Waals surface area contributed by atoms with Gasteiger partial charge in [-0.1, -0.05) is 33.3 Å². The van der Waals surface area contributed by atoms with Crippen molar-refractivity contribution in [3.63, 3.8) is 0 Å². The molecule has 0 fully saturated rings. The molecule has 0 aliphatic heterocycles. The summed E-state index contributed by atoms with van der Waals surface area (Å²) in [5.41, 5.74) is -0.517. The molecule has 0 heterocycles. The zero-order chi connectivity index (χ0) is 8.91. The van der Waals surface area contributed by atoms with E-state index >= 15 is 0 Å². The van der Waals surface area contributed by atoms with Crippen molar-refractivity contribution >= 4 is 0 Å². The molecule has 0 amide bonds. The Bertz CT molecular complexity index is 118. The number of aliphatic hydroxyl groups is 1. The lowest BCUT2D eigenvalue weighted by molar-refractivity contribution is -0.0107. The highest BCUT2D eigenvalue weighted by Crippen LogP contribution is 2.26. The fraction of sp³-hybridized carbons (Fsp3) is 0.800. The van der Waals surface area contributed by atoms with E-state index in [0.717, 1.165) is 12.8 Å². The van der Waals surface area contributed by atoms with Gasteiger partial charge in [-0.2, -0.15) is 0 Å². The van der Waals surface area contributed by atoms with Crippen molar-refractivity contribution in [2.75, 3.05) is 0 Å². The second-order valence-corrected chi connectivity index (χ2v) is 3.50. The second kappa shape index (κ2) is 4.55. The van der Waals surface area contributed by atoms with Crippen LogP contribution in [0.4, 0.5) is 0 Å². The van der Waals surface area contributed by atoms with Gasteiger partial charge >= 0.3 is 0 Å². The first-order valence-electron chi connectivity index (χ1n) is 4.40. The average Bonchev–Trinajstić information content (AvgIpc) is 1.88. The zero-order valence-electron chi connectivity index (χ0n) is 7.93. The molecule has 0 aromatic heterocycles. The Balaban J connectivity index is 4.12. The van der Waals surface area contributed by atoms with Gasteiger partial charge in [-0.05, 0) is 18.8 Å². The Morgan fingerprint density at radius 3 is 2.36 bits per heavy atom. The van der Waals surface area contributed by atoms with E-state index in [4.69, 9.17) is 0 Å². The molecule has 0 aliphatic rings. The van der Waals surface area contributed by atoms with Crippen LogP contribution in [0.1, 0.15) is 40.0 Å². The van der Waals surface area contributed by atoms with Gasteiger partial charge in [0.2, 0.25) is 0 Å². The van der Waals surface area contributed by atoms with E-state index < -0.39 is 5.60 Å². The predicted octanol–water partition coefficient (Wildman–Crippen LogP) is 2.75. The Kier molecular flexibility index (Phi) is 4.43. The fourth-order valence-electron chi connectivity index (χ4n) is 1.31. The maximum atomic E-state index is 10.0. The number of rotatable bonds is 5. The highest BCUT2D eigenvalue weighted by Gasteiger charge is 2.27. The van der Waals surface area contributed by atoms with E-state index in [1.165, 1.54) is 0 Å². The summed E-state index contributed by atoms with van der Waals surface area (Å²) in [6.45, 7) is 9.85. The molecular weight excluding hydrogens is 136 g/mol. The Labute approximate surface area is 70.1 Å². The van der Waals surface area contributed by atoms with Crippen LogP contribution in [-0.2, 0) is 0 Å². The third-order valence-electron chi connectivity index (χ3n) is 2.26. The van der Waals surface area contributed by atoms with Crippen molar-refractivity contribution in [2.24, 2.45) is 5.92 Å². The van der Waals surface area contributed by atoms with Crippen molar-refractivity contribution in [3.8, 4) is 0 Å². The molecule has 0 saturated carbocycles. The fourth-order valence-corrected chi connectivity index (χ4v) is 1.31. The molecule has 66 valence electrons. The summed E-state index contributed by atoms with van der Waals surface area (Å²) < 4.78 is 0. The summed E-state index contributed by atoms with van der Waals surface area (Å²) >= 11 is 0. The van der Waals surface area contributed by atoms with Gasteiger partial charge in [0, 0.05) is 0 Å². The number of hydrogen-bond donors (Lipinski definition) is 1. The lowest BCUT2D eigenvalue weighted by Crippen LogP contribution is -2.34. The molecule has 0 aromatic carbocycles. The first kappa shape index (κ1) is 10.7. The van der Waals surface area contributed by atoms with E-state index in [0.29, 0.717) is 12.3 Å². The summed E-state index contributed by atoms with van der Waals surface area (Å²) in [6.07, 6.45) is 4.41. The largest absolute Gasteiger partial charge is 0.389 e. The summed E-state index contributed by atoms with van der Waals surface area (Å²) in [5, 5.41) is 10.0. The number of hydrogen-bond acceptors (Lipinski definition) is 1.